The van der Waals surface area contributed by atoms with Gasteiger partial charge in [-0.3, -0.25) is 4.79 Å². The van der Waals surface area contributed by atoms with Crippen molar-refractivity contribution in [3.8, 4) is 0 Å². The molecule has 1 fully saturated rings. The number of carbonyl (C=O) groups is 1. The first-order valence-corrected chi connectivity index (χ1v) is 6.32. The zero-order valence-corrected chi connectivity index (χ0v) is 10.6. The van der Waals surface area contributed by atoms with Crippen LogP contribution in [0.3, 0.4) is 0 Å². The molecule has 1 atom stereocenters. The van der Waals surface area contributed by atoms with E-state index in [1.807, 2.05) is 0 Å². The Labute approximate surface area is 107 Å². The molecule has 0 saturated heterocycles. The molecule has 0 bridgehead atoms. The van der Waals surface area contributed by atoms with Crippen molar-refractivity contribution in [1.82, 2.24) is 4.90 Å². The van der Waals surface area contributed by atoms with Crippen LogP contribution in [-0.2, 0) is 11.3 Å². The fourth-order valence-corrected chi connectivity index (χ4v) is 2.06. The minimum atomic E-state index is -0.450. The molecule has 2 N–H and O–H groups in total. The molecule has 98 valence electrons. The van der Waals surface area contributed by atoms with Crippen molar-refractivity contribution >= 4 is 5.91 Å². The number of halogens is 1. The van der Waals surface area contributed by atoms with E-state index in [-0.39, 0.29) is 18.3 Å². The monoisotopic (exact) mass is 250 g/mol. The van der Waals surface area contributed by atoms with E-state index >= 15 is 0 Å². The number of nitrogens with zero attached hydrogens (tertiary/aromatic N) is 1. The van der Waals surface area contributed by atoms with Crippen molar-refractivity contribution in [1.29, 1.82) is 0 Å². The van der Waals surface area contributed by atoms with Crippen LogP contribution in [0, 0.1) is 11.7 Å². The van der Waals surface area contributed by atoms with Crippen molar-refractivity contribution in [2.75, 3.05) is 7.05 Å². The van der Waals surface area contributed by atoms with Crippen LogP contribution >= 0.6 is 0 Å². The Morgan fingerprint density at radius 1 is 1.50 bits per heavy atom. The van der Waals surface area contributed by atoms with E-state index in [0.29, 0.717) is 11.5 Å². The molecule has 0 aromatic heterocycles. The molecule has 2 rings (SSSR count). The van der Waals surface area contributed by atoms with Gasteiger partial charge in [-0.2, -0.15) is 0 Å². The van der Waals surface area contributed by atoms with Crippen LogP contribution < -0.4 is 5.73 Å². The Morgan fingerprint density at radius 3 is 2.78 bits per heavy atom. The van der Waals surface area contributed by atoms with Crippen molar-refractivity contribution < 1.29 is 9.18 Å². The maximum Gasteiger partial charge on any atom is 0.239 e. The maximum absolute atomic E-state index is 13.5. The second kappa shape index (κ2) is 5.48. The number of nitrogens with two attached hydrogens (primary N) is 1. The molecular formula is C14H19FN2O. The van der Waals surface area contributed by atoms with Crippen LogP contribution in [-0.4, -0.2) is 23.9 Å². The lowest BCUT2D eigenvalue weighted by Crippen LogP contribution is -2.41. The summed E-state index contributed by atoms with van der Waals surface area (Å²) in [6.45, 7) is 0.268. The highest BCUT2D eigenvalue weighted by atomic mass is 19.1. The van der Waals surface area contributed by atoms with E-state index in [1.54, 1.807) is 25.2 Å². The van der Waals surface area contributed by atoms with Crippen LogP contribution in [0.4, 0.5) is 4.39 Å². The van der Waals surface area contributed by atoms with Gasteiger partial charge in [0.15, 0.2) is 0 Å². The van der Waals surface area contributed by atoms with E-state index in [9.17, 15) is 9.18 Å². The SMILES string of the molecule is CN(Cc1ccccc1F)C(=O)[C@@H](N)CC1CC1. The number of hydrogen-bond donors (Lipinski definition) is 1. The zero-order chi connectivity index (χ0) is 13.1. The number of hydrogen-bond acceptors (Lipinski definition) is 2. The minimum absolute atomic E-state index is 0.106. The molecule has 1 aliphatic carbocycles. The fourth-order valence-electron chi connectivity index (χ4n) is 2.06. The molecule has 1 aliphatic rings. The molecule has 3 nitrogen and oxygen atoms in total. The second-order valence-corrected chi connectivity index (χ2v) is 5.07. The maximum atomic E-state index is 13.5. The average Bonchev–Trinajstić information content (AvgIpc) is 3.15. The number of benzene rings is 1. The smallest absolute Gasteiger partial charge is 0.239 e. The Bertz CT molecular complexity index is 432. The second-order valence-electron chi connectivity index (χ2n) is 5.07. The third-order valence-corrected chi connectivity index (χ3v) is 3.34. The third kappa shape index (κ3) is 3.29. The van der Waals surface area contributed by atoms with Gasteiger partial charge in [0.05, 0.1) is 6.04 Å². The number of rotatable bonds is 5. The van der Waals surface area contributed by atoms with Crippen LogP contribution in [0.15, 0.2) is 24.3 Å². The van der Waals surface area contributed by atoms with Gasteiger partial charge in [-0.1, -0.05) is 31.0 Å². The molecular weight excluding hydrogens is 231 g/mol. The summed E-state index contributed by atoms with van der Waals surface area (Å²) < 4.78 is 13.5. The van der Waals surface area contributed by atoms with Gasteiger partial charge in [-0.15, -0.1) is 0 Å². The zero-order valence-electron chi connectivity index (χ0n) is 10.6. The lowest BCUT2D eigenvalue weighted by Gasteiger charge is -2.21. The van der Waals surface area contributed by atoms with Gasteiger partial charge < -0.3 is 10.6 Å². The van der Waals surface area contributed by atoms with E-state index in [2.05, 4.69) is 0 Å². The Kier molecular flexibility index (Phi) is 3.97. The van der Waals surface area contributed by atoms with Gasteiger partial charge in [0.25, 0.3) is 0 Å². The van der Waals surface area contributed by atoms with Crippen molar-refractivity contribution in [3.05, 3.63) is 35.6 Å². The molecule has 4 heteroatoms. The number of amides is 1. The summed E-state index contributed by atoms with van der Waals surface area (Å²) in [4.78, 5) is 13.5. The largest absolute Gasteiger partial charge is 0.340 e. The molecule has 1 amide bonds. The van der Waals surface area contributed by atoms with E-state index in [0.717, 1.165) is 6.42 Å². The van der Waals surface area contributed by atoms with Crippen LogP contribution in [0.2, 0.25) is 0 Å². The predicted octanol–water partition coefficient (Wildman–Crippen LogP) is 1.91. The number of likely N-dealkylation sites (N-methyl/N-ethyl adjacent to an activating group) is 1. The minimum Gasteiger partial charge on any atom is -0.340 e. The highest BCUT2D eigenvalue weighted by Crippen LogP contribution is 2.33. The molecule has 0 radical (unpaired) electrons. The van der Waals surface area contributed by atoms with Gasteiger partial charge in [-0.25, -0.2) is 4.39 Å². The first-order chi connectivity index (χ1) is 8.58. The summed E-state index contributed by atoms with van der Waals surface area (Å²) in [5.74, 6) is 0.226. The lowest BCUT2D eigenvalue weighted by atomic mass is 10.1. The molecule has 0 aliphatic heterocycles. The van der Waals surface area contributed by atoms with Crippen LogP contribution in [0.1, 0.15) is 24.8 Å². The summed E-state index contributed by atoms with van der Waals surface area (Å²) in [6.07, 6.45) is 3.11. The standard InChI is InChI=1S/C14H19FN2O/c1-17(9-11-4-2-3-5-12(11)15)14(18)13(16)8-10-6-7-10/h2-5,10,13H,6-9,16H2,1H3/t13-/m0/s1. The van der Waals surface area contributed by atoms with Gasteiger partial charge in [0.1, 0.15) is 5.82 Å². The van der Waals surface area contributed by atoms with Crippen LogP contribution in [0.25, 0.3) is 0 Å². The Balaban J connectivity index is 1.92. The lowest BCUT2D eigenvalue weighted by molar-refractivity contribution is -0.132. The van der Waals surface area contributed by atoms with E-state index < -0.39 is 6.04 Å². The number of carbonyl (C=O) groups excluding carboxylic acids is 1. The first-order valence-electron chi connectivity index (χ1n) is 6.32. The predicted molar refractivity (Wildman–Crippen MR) is 68.2 cm³/mol. The van der Waals surface area contributed by atoms with Crippen LogP contribution in [0.5, 0.6) is 0 Å². The molecule has 1 aromatic carbocycles. The molecule has 0 unspecified atom stereocenters. The van der Waals surface area contributed by atoms with Crippen molar-refractivity contribution in [3.63, 3.8) is 0 Å². The Hall–Kier alpha value is -1.42. The molecule has 1 saturated carbocycles. The fraction of sp³-hybridized carbons (Fsp3) is 0.500. The normalized spacial score (nSPS) is 16.4. The molecule has 0 heterocycles. The summed E-state index contributed by atoms with van der Waals surface area (Å²) in [5, 5.41) is 0. The van der Waals surface area contributed by atoms with Gasteiger partial charge in [0.2, 0.25) is 5.91 Å². The summed E-state index contributed by atoms with van der Waals surface area (Å²) in [6, 6.07) is 6.04. The summed E-state index contributed by atoms with van der Waals surface area (Å²) in [7, 11) is 1.67. The quantitative estimate of drug-likeness (QED) is 0.867. The highest BCUT2D eigenvalue weighted by molar-refractivity contribution is 5.81. The third-order valence-electron chi connectivity index (χ3n) is 3.34. The Morgan fingerprint density at radius 2 is 2.17 bits per heavy atom. The highest BCUT2D eigenvalue weighted by Gasteiger charge is 2.28. The summed E-state index contributed by atoms with van der Waals surface area (Å²) in [5.41, 5.74) is 6.39. The van der Waals surface area contributed by atoms with Crippen molar-refractivity contribution in [2.24, 2.45) is 11.7 Å². The first kappa shape index (κ1) is 13.0. The van der Waals surface area contributed by atoms with Gasteiger partial charge >= 0.3 is 0 Å². The van der Waals surface area contributed by atoms with E-state index in [1.165, 1.54) is 23.8 Å². The average molecular weight is 250 g/mol. The van der Waals surface area contributed by atoms with Crippen molar-refractivity contribution in [2.45, 2.75) is 31.8 Å². The van der Waals surface area contributed by atoms with E-state index in [4.69, 9.17) is 5.73 Å². The van der Waals surface area contributed by atoms with Gasteiger partial charge in [0, 0.05) is 19.2 Å². The topological polar surface area (TPSA) is 46.3 Å². The molecule has 0 spiro atoms. The van der Waals surface area contributed by atoms with Gasteiger partial charge in [-0.05, 0) is 18.4 Å². The molecule has 1 aromatic rings. The molecule has 18 heavy (non-hydrogen) atoms. The summed E-state index contributed by atoms with van der Waals surface area (Å²) >= 11 is 0.